The number of phenolic OH excluding ortho intramolecular Hbond substituents is 1. The lowest BCUT2D eigenvalue weighted by atomic mass is 9.88. The van der Waals surface area contributed by atoms with E-state index in [1.165, 1.54) is 16.7 Å². The van der Waals surface area contributed by atoms with Crippen LogP contribution in [0.15, 0.2) is 53.5 Å². The van der Waals surface area contributed by atoms with Crippen LogP contribution in [0.5, 0.6) is 5.75 Å². The summed E-state index contributed by atoms with van der Waals surface area (Å²) in [6.45, 7) is 0. The van der Waals surface area contributed by atoms with Crippen molar-refractivity contribution in [3.63, 3.8) is 0 Å². The molecule has 0 radical (unpaired) electrons. The minimum Gasteiger partial charge on any atom is -0.508 e. The summed E-state index contributed by atoms with van der Waals surface area (Å²) in [5.74, 6) is 0.869. The zero-order chi connectivity index (χ0) is 21.8. The first-order valence-corrected chi connectivity index (χ1v) is 11.0. The number of rotatable bonds is 6. The van der Waals surface area contributed by atoms with E-state index in [-0.39, 0.29) is 23.4 Å². The molecule has 4 rings (SSSR count). The van der Waals surface area contributed by atoms with E-state index in [9.17, 15) is 10.4 Å². The zero-order valence-electron chi connectivity index (χ0n) is 18.3. The third kappa shape index (κ3) is 5.00. The van der Waals surface area contributed by atoms with Crippen molar-refractivity contribution in [2.24, 2.45) is 4.99 Å². The number of phenols is 1. The fraction of sp³-hybridized carbons (Fsp3) is 0.440. The van der Waals surface area contributed by atoms with E-state index in [1.54, 1.807) is 12.1 Å². The molecule has 2 aromatic carbocycles. The second-order valence-corrected chi connectivity index (χ2v) is 9.04. The summed E-state index contributed by atoms with van der Waals surface area (Å²) >= 11 is 0. The highest BCUT2D eigenvalue weighted by molar-refractivity contribution is 5.82. The minimum atomic E-state index is -0.114. The molecule has 0 unspecified atom stereocenters. The Bertz CT molecular complexity index is 972. The molecule has 2 aliphatic carbocycles. The lowest BCUT2D eigenvalue weighted by molar-refractivity contribution is 0.226. The minimum absolute atomic E-state index is 0.114. The van der Waals surface area contributed by atoms with Crippen LogP contribution in [-0.2, 0) is 19.3 Å². The molecule has 0 aliphatic heterocycles. The van der Waals surface area contributed by atoms with Gasteiger partial charge in [0.2, 0.25) is 12.2 Å². The highest BCUT2D eigenvalue weighted by atomic mass is 16.3. The highest BCUT2D eigenvalue weighted by Crippen LogP contribution is 2.42. The highest BCUT2D eigenvalue weighted by Gasteiger charge is 2.51. The van der Waals surface area contributed by atoms with Crippen LogP contribution < -0.4 is 10.6 Å². The van der Waals surface area contributed by atoms with Crippen LogP contribution in [0.1, 0.15) is 36.0 Å². The van der Waals surface area contributed by atoms with Gasteiger partial charge in [0, 0.05) is 12.1 Å². The van der Waals surface area contributed by atoms with E-state index in [0.717, 1.165) is 38.5 Å². The van der Waals surface area contributed by atoms with Crippen molar-refractivity contribution in [3.8, 4) is 11.9 Å². The van der Waals surface area contributed by atoms with Gasteiger partial charge in [-0.1, -0.05) is 36.4 Å². The van der Waals surface area contributed by atoms with Crippen LogP contribution in [0, 0.1) is 11.5 Å². The average Bonchev–Trinajstić information content (AvgIpc) is 3.53. The van der Waals surface area contributed by atoms with Crippen molar-refractivity contribution in [1.29, 1.82) is 5.26 Å². The fourth-order valence-electron chi connectivity index (χ4n) is 4.80. The topological polar surface area (TPSA) is 83.7 Å². The van der Waals surface area contributed by atoms with Gasteiger partial charge >= 0.3 is 0 Å². The summed E-state index contributed by atoms with van der Waals surface area (Å²) in [5.41, 5.74) is 3.87. The van der Waals surface area contributed by atoms with Crippen molar-refractivity contribution in [3.05, 3.63) is 65.2 Å². The number of nitrogens with zero attached hydrogens (tertiary/aromatic N) is 3. The van der Waals surface area contributed by atoms with Gasteiger partial charge in [-0.2, -0.15) is 5.26 Å². The number of nitriles is 1. The first-order valence-electron chi connectivity index (χ1n) is 11.0. The summed E-state index contributed by atoms with van der Waals surface area (Å²) in [6.07, 6.45) is 7.92. The maximum Gasteiger partial charge on any atom is 0.209 e. The van der Waals surface area contributed by atoms with E-state index < -0.39 is 0 Å². The molecule has 2 aliphatic rings. The Hall–Kier alpha value is -3.04. The maximum atomic E-state index is 9.59. The number of aryl methyl sites for hydroxylation is 1. The summed E-state index contributed by atoms with van der Waals surface area (Å²) in [7, 11) is 4.19. The monoisotopic (exact) mass is 417 g/mol. The number of fused-ring (bicyclic) bond motifs is 1. The fourth-order valence-corrected chi connectivity index (χ4v) is 4.80. The predicted molar refractivity (Wildman–Crippen MR) is 123 cm³/mol. The third-order valence-corrected chi connectivity index (χ3v) is 6.63. The van der Waals surface area contributed by atoms with Gasteiger partial charge in [0.1, 0.15) is 5.75 Å². The normalized spacial score (nSPS) is 20.5. The second kappa shape index (κ2) is 8.99. The molecule has 1 saturated carbocycles. The molecule has 162 valence electrons. The first kappa shape index (κ1) is 21.2. The summed E-state index contributed by atoms with van der Waals surface area (Å²) in [4.78, 5) is 6.35. The predicted octanol–water partition coefficient (Wildman–Crippen LogP) is 2.97. The molecule has 6 heteroatoms. The van der Waals surface area contributed by atoms with E-state index in [0.29, 0.717) is 5.96 Å². The number of likely N-dealkylation sites (N-methyl/N-ethyl adjacent to an activating group) is 1. The van der Waals surface area contributed by atoms with Gasteiger partial charge in [-0.05, 0) is 81.4 Å². The van der Waals surface area contributed by atoms with Gasteiger partial charge in [0.25, 0.3) is 0 Å². The summed E-state index contributed by atoms with van der Waals surface area (Å²) < 4.78 is 0. The Morgan fingerprint density at radius 1 is 1.19 bits per heavy atom. The van der Waals surface area contributed by atoms with Gasteiger partial charge in [0.15, 0.2) is 0 Å². The molecule has 6 nitrogen and oxygen atoms in total. The van der Waals surface area contributed by atoms with Gasteiger partial charge in [0.05, 0.1) is 5.54 Å². The molecule has 2 atom stereocenters. The van der Waals surface area contributed by atoms with Crippen molar-refractivity contribution >= 4 is 5.96 Å². The van der Waals surface area contributed by atoms with E-state index in [2.05, 4.69) is 58.9 Å². The molecule has 0 heterocycles. The molecule has 0 spiro atoms. The van der Waals surface area contributed by atoms with Crippen LogP contribution in [0.25, 0.3) is 0 Å². The van der Waals surface area contributed by atoms with Crippen LogP contribution in [0.3, 0.4) is 0 Å². The maximum absolute atomic E-state index is 9.59. The molecular weight excluding hydrogens is 386 g/mol. The van der Waals surface area contributed by atoms with Gasteiger partial charge in [-0.3, -0.25) is 0 Å². The second-order valence-electron chi connectivity index (χ2n) is 9.04. The number of aromatic hydroxyl groups is 1. The molecule has 0 amide bonds. The number of aliphatic imine (C=N–C) groups is 1. The molecule has 0 bridgehead atoms. The quantitative estimate of drug-likeness (QED) is 0.382. The van der Waals surface area contributed by atoms with Gasteiger partial charge in [-0.15, -0.1) is 4.99 Å². The van der Waals surface area contributed by atoms with Crippen molar-refractivity contribution in [2.75, 3.05) is 14.1 Å². The number of benzene rings is 2. The number of guanidine groups is 1. The van der Waals surface area contributed by atoms with Crippen LogP contribution in [-0.4, -0.2) is 47.7 Å². The molecule has 3 N–H and O–H groups in total. The molecule has 0 saturated heterocycles. The Labute approximate surface area is 184 Å². The smallest absolute Gasteiger partial charge is 0.209 e. The van der Waals surface area contributed by atoms with E-state index in [1.807, 2.05) is 18.3 Å². The first-order chi connectivity index (χ1) is 15.0. The largest absolute Gasteiger partial charge is 0.508 e. The van der Waals surface area contributed by atoms with Crippen molar-refractivity contribution in [1.82, 2.24) is 15.5 Å². The summed E-state index contributed by atoms with van der Waals surface area (Å²) in [5, 5.41) is 26.0. The summed E-state index contributed by atoms with van der Waals surface area (Å²) in [6, 6.07) is 16.5. The lowest BCUT2D eigenvalue weighted by Crippen LogP contribution is -2.57. The molecular formula is C25H31N5O. The number of hydrogen-bond donors (Lipinski definition) is 3. The molecule has 2 aromatic rings. The van der Waals surface area contributed by atoms with E-state index >= 15 is 0 Å². The lowest BCUT2D eigenvalue weighted by Gasteiger charge is -2.35. The van der Waals surface area contributed by atoms with Crippen LogP contribution >= 0.6 is 0 Å². The molecule has 0 aromatic heterocycles. The third-order valence-electron chi connectivity index (χ3n) is 6.63. The van der Waals surface area contributed by atoms with Crippen LogP contribution in [0.4, 0.5) is 0 Å². The van der Waals surface area contributed by atoms with E-state index in [4.69, 9.17) is 0 Å². The average molecular weight is 418 g/mol. The molecule has 31 heavy (non-hydrogen) atoms. The Kier molecular flexibility index (Phi) is 6.15. The van der Waals surface area contributed by atoms with Gasteiger partial charge < -0.3 is 20.6 Å². The van der Waals surface area contributed by atoms with Crippen molar-refractivity contribution in [2.45, 2.75) is 56.1 Å². The van der Waals surface area contributed by atoms with Gasteiger partial charge in [-0.25, -0.2) is 0 Å². The SMILES string of the molecule is CN(C)[C@@H](Cc1ccc(O)cc1)C1(NC(=NC#N)N[C@@H]2CCc3ccccc3C2)CC1. The zero-order valence-corrected chi connectivity index (χ0v) is 18.3. The number of nitrogens with one attached hydrogen (secondary N) is 2. The molecule has 1 fully saturated rings. The Balaban J connectivity index is 1.46. The van der Waals surface area contributed by atoms with Crippen molar-refractivity contribution < 1.29 is 5.11 Å². The Morgan fingerprint density at radius 3 is 2.55 bits per heavy atom. The van der Waals surface area contributed by atoms with Crippen LogP contribution in [0.2, 0.25) is 0 Å². The Morgan fingerprint density at radius 2 is 1.90 bits per heavy atom. The standard InChI is InChI=1S/C25H31N5O/c1-30(2)23(15-18-7-11-22(31)12-8-18)25(13-14-25)29-24(27-17-26)28-21-10-9-19-5-3-4-6-20(19)16-21/h3-8,11-12,21,23,31H,9-10,13-16H2,1-2H3,(H2,27,28,29)/t21-,23+/m1/s1. The number of hydrogen-bond acceptors (Lipinski definition) is 4.